The highest BCUT2D eigenvalue weighted by Gasteiger charge is 2.31. The molecule has 23 heavy (non-hydrogen) atoms. The number of hydrogen-bond acceptors (Lipinski definition) is 3. The molecule has 1 aromatic carbocycles. The van der Waals surface area contributed by atoms with E-state index < -0.39 is 5.60 Å². The van der Waals surface area contributed by atoms with Gasteiger partial charge in [0, 0.05) is 24.8 Å². The van der Waals surface area contributed by atoms with Gasteiger partial charge in [0.15, 0.2) is 0 Å². The number of benzene rings is 1. The zero-order valence-corrected chi connectivity index (χ0v) is 13.6. The Balaban J connectivity index is 1.68. The van der Waals surface area contributed by atoms with E-state index in [0.717, 1.165) is 37.8 Å². The van der Waals surface area contributed by atoms with Crippen LogP contribution in [0.5, 0.6) is 0 Å². The van der Waals surface area contributed by atoms with Crippen LogP contribution in [0.25, 0.3) is 0 Å². The normalized spacial score (nSPS) is 20.1. The van der Waals surface area contributed by atoms with Crippen molar-refractivity contribution in [3.63, 3.8) is 0 Å². The van der Waals surface area contributed by atoms with Crippen LogP contribution in [-0.4, -0.2) is 41.0 Å². The highest BCUT2D eigenvalue weighted by atomic mass is 16.3. The lowest BCUT2D eigenvalue weighted by Gasteiger charge is -2.31. The lowest BCUT2D eigenvalue weighted by Crippen LogP contribution is -2.36. The minimum atomic E-state index is -0.868. The molecule has 1 aliphatic carbocycles. The zero-order chi connectivity index (χ0) is 16.4. The highest BCUT2D eigenvalue weighted by Crippen LogP contribution is 2.31. The maximum atomic E-state index is 12.2. The SMILES string of the molecule is CN1CCc2ccc(NC(=O)CC3(O)CCCCC3)cc2C1=O. The van der Waals surface area contributed by atoms with E-state index in [4.69, 9.17) is 0 Å². The lowest BCUT2D eigenvalue weighted by atomic mass is 9.82. The molecular weight excluding hydrogens is 292 g/mol. The first-order valence-corrected chi connectivity index (χ1v) is 8.37. The predicted octanol–water partition coefficient (Wildman–Crippen LogP) is 2.34. The Bertz CT molecular complexity index is 621. The largest absolute Gasteiger partial charge is 0.389 e. The van der Waals surface area contributed by atoms with Crippen molar-refractivity contribution in [1.29, 1.82) is 0 Å². The maximum Gasteiger partial charge on any atom is 0.253 e. The van der Waals surface area contributed by atoms with Crippen LogP contribution in [0.15, 0.2) is 18.2 Å². The fourth-order valence-electron chi connectivity index (χ4n) is 3.56. The van der Waals surface area contributed by atoms with E-state index in [9.17, 15) is 14.7 Å². The summed E-state index contributed by atoms with van der Waals surface area (Å²) in [7, 11) is 1.79. The molecule has 0 spiro atoms. The van der Waals surface area contributed by atoms with Gasteiger partial charge in [0.25, 0.3) is 5.91 Å². The van der Waals surface area contributed by atoms with Gasteiger partial charge in [-0.05, 0) is 37.0 Å². The fourth-order valence-corrected chi connectivity index (χ4v) is 3.56. The third-order valence-corrected chi connectivity index (χ3v) is 4.96. The number of hydrogen-bond donors (Lipinski definition) is 2. The molecule has 0 radical (unpaired) electrons. The van der Waals surface area contributed by atoms with E-state index in [2.05, 4.69) is 5.32 Å². The van der Waals surface area contributed by atoms with Gasteiger partial charge in [-0.1, -0.05) is 25.3 Å². The molecule has 2 amide bonds. The van der Waals surface area contributed by atoms with Crippen LogP contribution in [0.3, 0.4) is 0 Å². The van der Waals surface area contributed by atoms with Gasteiger partial charge in [-0.2, -0.15) is 0 Å². The summed E-state index contributed by atoms with van der Waals surface area (Å²) in [4.78, 5) is 26.1. The number of likely N-dealkylation sites (N-methyl/N-ethyl adjacent to an activating group) is 1. The number of nitrogens with one attached hydrogen (secondary N) is 1. The van der Waals surface area contributed by atoms with Gasteiger partial charge in [0.2, 0.25) is 5.91 Å². The van der Waals surface area contributed by atoms with Gasteiger partial charge >= 0.3 is 0 Å². The molecule has 124 valence electrons. The van der Waals surface area contributed by atoms with Gasteiger partial charge in [-0.15, -0.1) is 0 Å². The Morgan fingerprint density at radius 2 is 2.04 bits per heavy atom. The van der Waals surface area contributed by atoms with Crippen LogP contribution in [0.2, 0.25) is 0 Å². The van der Waals surface area contributed by atoms with E-state index in [-0.39, 0.29) is 18.2 Å². The summed E-state index contributed by atoms with van der Waals surface area (Å²) in [6.45, 7) is 0.727. The second-order valence-electron chi connectivity index (χ2n) is 6.86. The third-order valence-electron chi connectivity index (χ3n) is 4.96. The minimum absolute atomic E-state index is 0.00624. The standard InChI is InChI=1S/C18H24N2O3/c1-20-10-7-13-5-6-14(11-15(13)17(20)22)19-16(21)12-18(23)8-3-2-4-9-18/h5-6,11,23H,2-4,7-10,12H2,1H3,(H,19,21). The first-order valence-electron chi connectivity index (χ1n) is 8.37. The number of aliphatic hydroxyl groups is 1. The van der Waals surface area contributed by atoms with E-state index >= 15 is 0 Å². The second kappa shape index (κ2) is 6.32. The van der Waals surface area contributed by atoms with Gasteiger partial charge in [0.05, 0.1) is 12.0 Å². The Kier molecular flexibility index (Phi) is 4.39. The second-order valence-corrected chi connectivity index (χ2v) is 6.86. The summed E-state index contributed by atoms with van der Waals surface area (Å²) in [5, 5.41) is 13.3. The Labute approximate surface area is 136 Å². The van der Waals surface area contributed by atoms with Crippen molar-refractivity contribution in [1.82, 2.24) is 4.90 Å². The molecule has 1 heterocycles. The summed E-state index contributed by atoms with van der Waals surface area (Å²) < 4.78 is 0. The molecule has 2 N–H and O–H groups in total. The number of fused-ring (bicyclic) bond motifs is 1. The molecule has 5 heteroatoms. The quantitative estimate of drug-likeness (QED) is 0.899. The van der Waals surface area contributed by atoms with Crippen LogP contribution < -0.4 is 5.32 Å². The molecule has 0 unspecified atom stereocenters. The van der Waals surface area contributed by atoms with Crippen molar-refractivity contribution in [2.24, 2.45) is 0 Å². The minimum Gasteiger partial charge on any atom is -0.389 e. The Morgan fingerprint density at radius 3 is 2.78 bits per heavy atom. The Morgan fingerprint density at radius 1 is 1.30 bits per heavy atom. The third kappa shape index (κ3) is 3.55. The van der Waals surface area contributed by atoms with Crippen LogP contribution in [0, 0.1) is 0 Å². The van der Waals surface area contributed by atoms with E-state index in [1.54, 1.807) is 18.0 Å². The van der Waals surface area contributed by atoms with Crippen molar-refractivity contribution < 1.29 is 14.7 Å². The number of carbonyl (C=O) groups is 2. The van der Waals surface area contributed by atoms with Gasteiger partial charge in [-0.25, -0.2) is 0 Å². The first kappa shape index (κ1) is 16.0. The Hall–Kier alpha value is -1.88. The van der Waals surface area contributed by atoms with Crippen LogP contribution in [0.1, 0.15) is 54.4 Å². The number of carbonyl (C=O) groups excluding carboxylic acids is 2. The lowest BCUT2D eigenvalue weighted by molar-refractivity contribution is -0.122. The number of amides is 2. The van der Waals surface area contributed by atoms with Crippen LogP contribution in [-0.2, 0) is 11.2 Å². The first-order chi connectivity index (χ1) is 11.0. The average Bonchev–Trinajstić information content (AvgIpc) is 2.51. The molecule has 0 aromatic heterocycles. The molecule has 1 saturated carbocycles. The van der Waals surface area contributed by atoms with E-state index in [0.29, 0.717) is 24.1 Å². The van der Waals surface area contributed by atoms with Gasteiger partial charge in [0.1, 0.15) is 0 Å². The monoisotopic (exact) mass is 316 g/mol. The molecule has 0 bridgehead atoms. The van der Waals surface area contributed by atoms with Crippen molar-refractivity contribution in [2.75, 3.05) is 18.9 Å². The fraction of sp³-hybridized carbons (Fsp3) is 0.556. The highest BCUT2D eigenvalue weighted by molar-refractivity contribution is 5.99. The molecule has 5 nitrogen and oxygen atoms in total. The summed E-state index contributed by atoms with van der Waals surface area (Å²) in [5.74, 6) is -0.195. The molecule has 1 aliphatic heterocycles. The number of anilines is 1. The zero-order valence-electron chi connectivity index (χ0n) is 13.6. The molecular formula is C18H24N2O3. The van der Waals surface area contributed by atoms with E-state index in [1.807, 2.05) is 12.1 Å². The molecule has 0 atom stereocenters. The van der Waals surface area contributed by atoms with Gasteiger partial charge in [-0.3, -0.25) is 9.59 Å². The summed E-state index contributed by atoms with van der Waals surface area (Å²) in [6.07, 6.45) is 5.42. The molecule has 0 saturated heterocycles. The van der Waals surface area contributed by atoms with Crippen molar-refractivity contribution >= 4 is 17.5 Å². The van der Waals surface area contributed by atoms with Crippen molar-refractivity contribution in [2.45, 2.75) is 50.5 Å². The van der Waals surface area contributed by atoms with E-state index in [1.165, 1.54) is 0 Å². The number of rotatable bonds is 3. The smallest absolute Gasteiger partial charge is 0.253 e. The van der Waals surface area contributed by atoms with Gasteiger partial charge < -0.3 is 15.3 Å². The van der Waals surface area contributed by atoms with Crippen molar-refractivity contribution in [3.8, 4) is 0 Å². The molecule has 3 rings (SSSR count). The maximum absolute atomic E-state index is 12.2. The number of nitrogens with zero attached hydrogens (tertiary/aromatic N) is 1. The van der Waals surface area contributed by atoms with Crippen LogP contribution >= 0.6 is 0 Å². The molecule has 2 aliphatic rings. The topological polar surface area (TPSA) is 69.6 Å². The average molecular weight is 316 g/mol. The molecule has 1 fully saturated rings. The molecule has 1 aromatic rings. The predicted molar refractivity (Wildman–Crippen MR) is 88.4 cm³/mol. The summed E-state index contributed by atoms with van der Waals surface area (Å²) in [5.41, 5.74) is 1.44. The van der Waals surface area contributed by atoms with Crippen molar-refractivity contribution in [3.05, 3.63) is 29.3 Å². The summed E-state index contributed by atoms with van der Waals surface area (Å²) in [6, 6.07) is 5.49. The van der Waals surface area contributed by atoms with Crippen LogP contribution in [0.4, 0.5) is 5.69 Å². The summed E-state index contributed by atoms with van der Waals surface area (Å²) >= 11 is 0.